The van der Waals surface area contributed by atoms with Gasteiger partial charge < -0.3 is 4.90 Å². The van der Waals surface area contributed by atoms with Gasteiger partial charge in [-0.25, -0.2) is 4.68 Å². The number of para-hydroxylation sites is 1. The highest BCUT2D eigenvalue weighted by Crippen LogP contribution is 2.25. The number of benzene rings is 2. The summed E-state index contributed by atoms with van der Waals surface area (Å²) in [5.41, 5.74) is 3.37. The summed E-state index contributed by atoms with van der Waals surface area (Å²) in [4.78, 5) is 15.3. The minimum atomic E-state index is 0.0907. The van der Waals surface area contributed by atoms with Crippen LogP contribution >= 0.6 is 0 Å². The summed E-state index contributed by atoms with van der Waals surface area (Å²) >= 11 is 0. The van der Waals surface area contributed by atoms with Crippen molar-refractivity contribution in [2.24, 2.45) is 0 Å². The smallest absolute Gasteiger partial charge is 0.257 e. The average molecular weight is 345 g/mol. The van der Waals surface area contributed by atoms with Crippen LogP contribution in [-0.2, 0) is 0 Å². The molecule has 0 bridgehead atoms. The van der Waals surface area contributed by atoms with Crippen LogP contribution in [-0.4, -0.2) is 33.7 Å². The third kappa shape index (κ3) is 3.40. The fourth-order valence-electron chi connectivity index (χ4n) is 3.50. The molecule has 0 N–H and O–H groups in total. The molecule has 1 aromatic heterocycles. The van der Waals surface area contributed by atoms with E-state index in [0.717, 1.165) is 42.9 Å². The topological polar surface area (TPSA) is 38.1 Å². The van der Waals surface area contributed by atoms with Crippen LogP contribution in [0, 0.1) is 0 Å². The molecule has 1 amide bonds. The first-order valence-electron chi connectivity index (χ1n) is 9.33. The summed E-state index contributed by atoms with van der Waals surface area (Å²) in [5, 5.41) is 4.76. The van der Waals surface area contributed by atoms with E-state index in [1.807, 2.05) is 76.4 Å². The van der Waals surface area contributed by atoms with Crippen LogP contribution < -0.4 is 0 Å². The Labute approximate surface area is 154 Å². The maximum Gasteiger partial charge on any atom is 0.257 e. The highest BCUT2D eigenvalue weighted by molar-refractivity contribution is 6.00. The van der Waals surface area contributed by atoms with E-state index >= 15 is 0 Å². The number of aromatic nitrogens is 2. The summed E-state index contributed by atoms with van der Waals surface area (Å²) < 4.78 is 1.81. The molecule has 1 fully saturated rings. The van der Waals surface area contributed by atoms with Gasteiger partial charge in [0.25, 0.3) is 5.91 Å². The summed E-state index contributed by atoms with van der Waals surface area (Å²) in [6, 6.07) is 19.9. The van der Waals surface area contributed by atoms with Crippen LogP contribution in [0.15, 0.2) is 66.9 Å². The van der Waals surface area contributed by atoms with Crippen molar-refractivity contribution in [1.29, 1.82) is 0 Å². The van der Waals surface area contributed by atoms with Crippen molar-refractivity contribution in [2.75, 3.05) is 13.1 Å². The lowest BCUT2D eigenvalue weighted by Crippen LogP contribution is -2.31. The minimum Gasteiger partial charge on any atom is -0.339 e. The number of rotatable bonds is 3. The van der Waals surface area contributed by atoms with Crippen molar-refractivity contribution in [1.82, 2.24) is 14.7 Å². The SMILES string of the molecule is O=C(c1cn(-c2ccccc2)nc1-c1ccccc1)N1CCCCCC1. The van der Waals surface area contributed by atoms with Crippen molar-refractivity contribution in [3.63, 3.8) is 0 Å². The summed E-state index contributed by atoms with van der Waals surface area (Å²) in [6.07, 6.45) is 6.46. The Morgan fingerprint density at radius 2 is 1.42 bits per heavy atom. The Kier molecular flexibility index (Phi) is 4.82. The van der Waals surface area contributed by atoms with E-state index in [-0.39, 0.29) is 5.91 Å². The van der Waals surface area contributed by atoms with Crippen molar-refractivity contribution in [2.45, 2.75) is 25.7 Å². The van der Waals surface area contributed by atoms with Gasteiger partial charge in [-0.15, -0.1) is 0 Å². The van der Waals surface area contributed by atoms with Gasteiger partial charge in [0.15, 0.2) is 0 Å². The van der Waals surface area contributed by atoms with E-state index < -0.39 is 0 Å². The molecule has 4 heteroatoms. The molecule has 0 saturated carbocycles. The molecule has 26 heavy (non-hydrogen) atoms. The second-order valence-corrected chi connectivity index (χ2v) is 6.74. The van der Waals surface area contributed by atoms with E-state index in [9.17, 15) is 4.79 Å². The molecule has 0 spiro atoms. The van der Waals surface area contributed by atoms with Crippen LogP contribution in [0.25, 0.3) is 16.9 Å². The fourth-order valence-corrected chi connectivity index (χ4v) is 3.50. The van der Waals surface area contributed by atoms with Crippen molar-refractivity contribution < 1.29 is 4.79 Å². The molecule has 1 aliphatic heterocycles. The summed E-state index contributed by atoms with van der Waals surface area (Å²) in [6.45, 7) is 1.67. The van der Waals surface area contributed by atoms with Crippen LogP contribution in [0.1, 0.15) is 36.0 Å². The zero-order valence-corrected chi connectivity index (χ0v) is 14.8. The van der Waals surface area contributed by atoms with E-state index in [1.165, 1.54) is 12.8 Å². The molecular formula is C22H23N3O. The Morgan fingerprint density at radius 1 is 0.808 bits per heavy atom. The second kappa shape index (κ2) is 7.56. The first-order valence-corrected chi connectivity index (χ1v) is 9.33. The Bertz CT molecular complexity index is 863. The van der Waals surface area contributed by atoms with Gasteiger partial charge in [-0.05, 0) is 25.0 Å². The monoisotopic (exact) mass is 345 g/mol. The Hall–Kier alpha value is -2.88. The van der Waals surface area contributed by atoms with Crippen LogP contribution in [0.5, 0.6) is 0 Å². The molecule has 0 radical (unpaired) electrons. The van der Waals surface area contributed by atoms with Gasteiger partial charge in [-0.2, -0.15) is 5.10 Å². The molecule has 0 atom stereocenters. The summed E-state index contributed by atoms with van der Waals surface area (Å²) in [5.74, 6) is 0.0907. The van der Waals surface area contributed by atoms with Gasteiger partial charge in [0, 0.05) is 24.8 Å². The highest BCUT2D eigenvalue weighted by atomic mass is 16.2. The normalized spacial score (nSPS) is 14.8. The number of hydrogen-bond acceptors (Lipinski definition) is 2. The number of carbonyl (C=O) groups is 1. The molecule has 1 aliphatic rings. The predicted octanol–water partition coefficient (Wildman–Crippen LogP) is 4.56. The molecular weight excluding hydrogens is 322 g/mol. The molecule has 2 heterocycles. The standard InChI is InChI=1S/C22H23N3O/c26-22(24-15-9-1-2-10-16-24)20-17-25(19-13-7-4-8-14-19)23-21(20)18-11-5-3-6-12-18/h3-8,11-14,17H,1-2,9-10,15-16H2. The molecule has 1 saturated heterocycles. The van der Waals surface area contributed by atoms with E-state index in [1.54, 1.807) is 0 Å². The van der Waals surface area contributed by atoms with Gasteiger partial charge in [-0.3, -0.25) is 4.79 Å². The van der Waals surface area contributed by atoms with E-state index in [2.05, 4.69) is 0 Å². The van der Waals surface area contributed by atoms with Crippen LogP contribution in [0.3, 0.4) is 0 Å². The maximum absolute atomic E-state index is 13.3. The average Bonchev–Trinajstić information content (AvgIpc) is 2.97. The largest absolute Gasteiger partial charge is 0.339 e. The minimum absolute atomic E-state index is 0.0907. The lowest BCUT2D eigenvalue weighted by Gasteiger charge is -2.20. The van der Waals surface area contributed by atoms with Gasteiger partial charge >= 0.3 is 0 Å². The molecule has 132 valence electrons. The summed E-state index contributed by atoms with van der Waals surface area (Å²) in [7, 11) is 0. The first kappa shape index (κ1) is 16.6. The zero-order valence-electron chi connectivity index (χ0n) is 14.8. The molecule has 0 aliphatic carbocycles. The van der Waals surface area contributed by atoms with Gasteiger partial charge in [0.05, 0.1) is 11.3 Å². The lowest BCUT2D eigenvalue weighted by molar-refractivity contribution is 0.0762. The van der Waals surface area contributed by atoms with Crippen LogP contribution in [0.4, 0.5) is 0 Å². The van der Waals surface area contributed by atoms with Crippen molar-refractivity contribution in [3.8, 4) is 16.9 Å². The van der Waals surface area contributed by atoms with Crippen molar-refractivity contribution in [3.05, 3.63) is 72.4 Å². The number of amides is 1. The number of nitrogens with zero attached hydrogens (tertiary/aromatic N) is 3. The quantitative estimate of drug-likeness (QED) is 0.698. The number of likely N-dealkylation sites (tertiary alicyclic amines) is 1. The van der Waals surface area contributed by atoms with Gasteiger partial charge in [-0.1, -0.05) is 61.4 Å². The van der Waals surface area contributed by atoms with Gasteiger partial charge in [0.1, 0.15) is 5.69 Å². The molecule has 2 aromatic carbocycles. The van der Waals surface area contributed by atoms with Crippen molar-refractivity contribution >= 4 is 5.91 Å². The Morgan fingerprint density at radius 3 is 2.08 bits per heavy atom. The second-order valence-electron chi connectivity index (χ2n) is 6.74. The molecule has 0 unspecified atom stereocenters. The molecule has 4 rings (SSSR count). The van der Waals surface area contributed by atoms with Gasteiger partial charge in [0.2, 0.25) is 0 Å². The maximum atomic E-state index is 13.3. The third-order valence-electron chi connectivity index (χ3n) is 4.91. The molecule has 4 nitrogen and oxygen atoms in total. The molecule has 3 aromatic rings. The number of hydrogen-bond donors (Lipinski definition) is 0. The third-order valence-corrected chi connectivity index (χ3v) is 4.91. The lowest BCUT2D eigenvalue weighted by atomic mass is 10.1. The van der Waals surface area contributed by atoms with E-state index in [4.69, 9.17) is 5.10 Å². The predicted molar refractivity (Wildman–Crippen MR) is 103 cm³/mol. The Balaban J connectivity index is 1.76. The van der Waals surface area contributed by atoms with E-state index in [0.29, 0.717) is 5.56 Å². The highest BCUT2D eigenvalue weighted by Gasteiger charge is 2.24. The van der Waals surface area contributed by atoms with Crippen LogP contribution in [0.2, 0.25) is 0 Å². The zero-order chi connectivity index (χ0) is 17.8. The number of carbonyl (C=O) groups excluding carboxylic acids is 1. The first-order chi connectivity index (χ1) is 12.8. The fraction of sp³-hybridized carbons (Fsp3) is 0.273.